The summed E-state index contributed by atoms with van der Waals surface area (Å²) in [5, 5.41) is 0. The monoisotopic (exact) mass is 379 g/mol. The van der Waals surface area contributed by atoms with Crippen LogP contribution in [-0.2, 0) is 16.6 Å². The molecule has 2 atom stereocenters. The van der Waals surface area contributed by atoms with Crippen molar-refractivity contribution in [2.75, 3.05) is 32.4 Å². The molecule has 0 amide bonds. The number of benzene rings is 1. The molecule has 0 saturated carbocycles. The lowest BCUT2D eigenvalue weighted by Crippen LogP contribution is -2.45. The van der Waals surface area contributed by atoms with Crippen LogP contribution in [0.15, 0.2) is 30.3 Å². The van der Waals surface area contributed by atoms with Gasteiger partial charge in [-0.15, -0.1) is 0 Å². The molecule has 2 heterocycles. The predicted molar refractivity (Wildman–Crippen MR) is 106 cm³/mol. The second-order valence-electron chi connectivity index (χ2n) is 8.35. The normalized spacial score (nSPS) is 26.6. The Kier molecular flexibility index (Phi) is 6.38. The summed E-state index contributed by atoms with van der Waals surface area (Å²) >= 11 is 0. The molecule has 0 bridgehead atoms. The number of sulfonamides is 1. The Balaban J connectivity index is 1.54. The maximum absolute atomic E-state index is 11.7. The molecule has 1 N–H and O–H groups in total. The lowest BCUT2D eigenvalue weighted by atomic mass is 9.92. The number of likely N-dealkylation sites (tertiary alicyclic amines) is 2. The molecule has 2 aliphatic heterocycles. The van der Waals surface area contributed by atoms with Crippen LogP contribution in [0.2, 0.25) is 0 Å². The van der Waals surface area contributed by atoms with Gasteiger partial charge in [-0.25, -0.2) is 13.1 Å². The van der Waals surface area contributed by atoms with Gasteiger partial charge in [0.2, 0.25) is 10.0 Å². The molecule has 0 aliphatic carbocycles. The van der Waals surface area contributed by atoms with Crippen molar-refractivity contribution in [2.45, 2.75) is 45.3 Å². The summed E-state index contributed by atoms with van der Waals surface area (Å²) < 4.78 is 26.3. The largest absolute Gasteiger partial charge is 0.299 e. The Hall–Kier alpha value is -0.950. The van der Waals surface area contributed by atoms with E-state index in [0.29, 0.717) is 17.9 Å². The number of piperidine rings is 1. The minimum absolute atomic E-state index is 0.0485. The zero-order chi connectivity index (χ0) is 18.7. The van der Waals surface area contributed by atoms with Gasteiger partial charge in [-0.05, 0) is 43.3 Å². The lowest BCUT2D eigenvalue weighted by Gasteiger charge is -2.37. The summed E-state index contributed by atoms with van der Waals surface area (Å²) in [7, 11) is -3.16. The summed E-state index contributed by atoms with van der Waals surface area (Å²) in [6, 6.07) is 11.3. The molecular weight excluding hydrogens is 346 g/mol. The Morgan fingerprint density at radius 3 is 2.35 bits per heavy atom. The Morgan fingerprint density at radius 2 is 1.77 bits per heavy atom. The van der Waals surface area contributed by atoms with E-state index in [0.717, 1.165) is 32.7 Å². The minimum Gasteiger partial charge on any atom is -0.299 e. The summed E-state index contributed by atoms with van der Waals surface area (Å²) in [6.07, 6.45) is 3.61. The van der Waals surface area contributed by atoms with Gasteiger partial charge in [0.1, 0.15) is 0 Å². The highest BCUT2D eigenvalue weighted by molar-refractivity contribution is 7.88. The Morgan fingerprint density at radius 1 is 1.12 bits per heavy atom. The molecule has 0 radical (unpaired) electrons. The minimum atomic E-state index is -3.16. The molecule has 3 rings (SSSR count). The first-order valence-electron chi connectivity index (χ1n) is 9.79. The number of hydrogen-bond acceptors (Lipinski definition) is 4. The summed E-state index contributed by atoms with van der Waals surface area (Å²) in [4.78, 5) is 5.07. The maximum Gasteiger partial charge on any atom is 0.209 e. The van der Waals surface area contributed by atoms with E-state index in [2.05, 4.69) is 58.7 Å². The standard InChI is InChI=1S/C20H33N3O2S/c1-16(2)19-14-23(15-20(19)21-26(3,24)25)18-9-11-22(12-10-18)13-17-7-5-4-6-8-17/h4-8,16,18-21H,9-15H2,1-3H3/t19-,20+/m0/s1. The van der Waals surface area contributed by atoms with E-state index in [1.807, 2.05) is 0 Å². The zero-order valence-electron chi connectivity index (χ0n) is 16.3. The van der Waals surface area contributed by atoms with Gasteiger partial charge in [-0.3, -0.25) is 9.80 Å². The predicted octanol–water partition coefficient (Wildman–Crippen LogP) is 2.16. The molecule has 0 spiro atoms. The first kappa shape index (κ1) is 19.8. The first-order chi connectivity index (χ1) is 12.3. The van der Waals surface area contributed by atoms with Gasteiger partial charge in [0.25, 0.3) is 0 Å². The van der Waals surface area contributed by atoms with Crippen LogP contribution in [0.3, 0.4) is 0 Å². The molecule has 0 unspecified atom stereocenters. The molecule has 1 aromatic carbocycles. The number of rotatable bonds is 6. The van der Waals surface area contributed by atoms with Crippen LogP contribution in [0, 0.1) is 11.8 Å². The van der Waals surface area contributed by atoms with Crippen molar-refractivity contribution in [1.29, 1.82) is 0 Å². The van der Waals surface area contributed by atoms with E-state index in [1.165, 1.54) is 24.7 Å². The third-order valence-electron chi connectivity index (χ3n) is 5.94. The van der Waals surface area contributed by atoms with Crippen LogP contribution >= 0.6 is 0 Å². The molecule has 2 fully saturated rings. The first-order valence-corrected chi connectivity index (χ1v) is 11.7. The SMILES string of the molecule is CC(C)[C@@H]1CN(C2CCN(Cc3ccccc3)CC2)C[C@H]1NS(C)(=O)=O. The zero-order valence-corrected chi connectivity index (χ0v) is 17.1. The van der Waals surface area contributed by atoms with Gasteiger partial charge in [-0.2, -0.15) is 0 Å². The van der Waals surface area contributed by atoms with Crippen molar-refractivity contribution in [1.82, 2.24) is 14.5 Å². The fourth-order valence-corrected chi connectivity index (χ4v) is 5.32. The fourth-order valence-electron chi connectivity index (χ4n) is 4.52. The lowest BCUT2D eigenvalue weighted by molar-refractivity contribution is 0.117. The van der Waals surface area contributed by atoms with Gasteiger partial charge in [-0.1, -0.05) is 44.2 Å². The van der Waals surface area contributed by atoms with E-state index >= 15 is 0 Å². The van der Waals surface area contributed by atoms with E-state index < -0.39 is 10.0 Å². The number of nitrogens with zero attached hydrogens (tertiary/aromatic N) is 2. The second kappa shape index (κ2) is 8.38. The topological polar surface area (TPSA) is 52.6 Å². The van der Waals surface area contributed by atoms with Gasteiger partial charge < -0.3 is 0 Å². The van der Waals surface area contributed by atoms with Gasteiger partial charge in [0.05, 0.1) is 6.26 Å². The van der Waals surface area contributed by atoms with Gasteiger partial charge in [0.15, 0.2) is 0 Å². The van der Waals surface area contributed by atoms with Crippen molar-refractivity contribution in [2.24, 2.45) is 11.8 Å². The van der Waals surface area contributed by atoms with E-state index in [4.69, 9.17) is 0 Å². The third kappa shape index (κ3) is 5.28. The average molecular weight is 380 g/mol. The molecule has 26 heavy (non-hydrogen) atoms. The van der Waals surface area contributed by atoms with E-state index in [9.17, 15) is 8.42 Å². The van der Waals surface area contributed by atoms with Crippen LogP contribution in [0.25, 0.3) is 0 Å². The van der Waals surface area contributed by atoms with E-state index in [1.54, 1.807) is 0 Å². The molecule has 6 heteroatoms. The highest BCUT2D eigenvalue weighted by atomic mass is 32.2. The number of nitrogens with one attached hydrogen (secondary N) is 1. The van der Waals surface area contributed by atoms with Crippen molar-refractivity contribution >= 4 is 10.0 Å². The molecule has 2 aliphatic rings. The highest BCUT2D eigenvalue weighted by Gasteiger charge is 2.39. The van der Waals surface area contributed by atoms with Crippen molar-refractivity contribution in [3.63, 3.8) is 0 Å². The fraction of sp³-hybridized carbons (Fsp3) is 0.700. The average Bonchev–Trinajstić information content (AvgIpc) is 2.98. The smallest absolute Gasteiger partial charge is 0.209 e. The summed E-state index contributed by atoms with van der Waals surface area (Å²) in [5.41, 5.74) is 1.38. The molecule has 1 aromatic rings. The second-order valence-corrected chi connectivity index (χ2v) is 10.1. The van der Waals surface area contributed by atoms with Crippen LogP contribution < -0.4 is 4.72 Å². The van der Waals surface area contributed by atoms with Crippen LogP contribution in [0.1, 0.15) is 32.3 Å². The Bertz CT molecular complexity index is 670. The van der Waals surface area contributed by atoms with Crippen molar-refractivity contribution in [3.05, 3.63) is 35.9 Å². The van der Waals surface area contributed by atoms with Crippen molar-refractivity contribution < 1.29 is 8.42 Å². The van der Waals surface area contributed by atoms with Gasteiger partial charge in [0, 0.05) is 31.7 Å². The van der Waals surface area contributed by atoms with Crippen LogP contribution in [0.5, 0.6) is 0 Å². The van der Waals surface area contributed by atoms with Crippen LogP contribution in [-0.4, -0.2) is 62.7 Å². The molecule has 5 nitrogen and oxygen atoms in total. The third-order valence-corrected chi connectivity index (χ3v) is 6.67. The van der Waals surface area contributed by atoms with E-state index in [-0.39, 0.29) is 6.04 Å². The van der Waals surface area contributed by atoms with Crippen molar-refractivity contribution in [3.8, 4) is 0 Å². The molecular formula is C20H33N3O2S. The molecule has 0 aromatic heterocycles. The molecule has 2 saturated heterocycles. The number of hydrogen-bond donors (Lipinski definition) is 1. The quantitative estimate of drug-likeness (QED) is 0.823. The highest BCUT2D eigenvalue weighted by Crippen LogP contribution is 2.29. The van der Waals surface area contributed by atoms with Crippen LogP contribution in [0.4, 0.5) is 0 Å². The summed E-state index contributed by atoms with van der Waals surface area (Å²) in [6.45, 7) is 9.52. The van der Waals surface area contributed by atoms with Gasteiger partial charge >= 0.3 is 0 Å². The Labute approximate surface area is 158 Å². The maximum atomic E-state index is 11.7. The summed E-state index contributed by atoms with van der Waals surface area (Å²) in [5.74, 6) is 0.879. The molecule has 146 valence electrons.